The van der Waals surface area contributed by atoms with E-state index in [-0.39, 0.29) is 42.6 Å². The Morgan fingerprint density at radius 3 is 2.53 bits per heavy atom. The lowest BCUT2D eigenvalue weighted by Gasteiger charge is -2.49. The van der Waals surface area contributed by atoms with E-state index in [1.807, 2.05) is 42.2 Å². The van der Waals surface area contributed by atoms with Gasteiger partial charge in [0.15, 0.2) is 5.76 Å². The van der Waals surface area contributed by atoms with Crippen molar-refractivity contribution in [2.75, 3.05) is 24.5 Å². The average molecular weight is 498 g/mol. The topological polar surface area (TPSA) is 65.8 Å². The van der Waals surface area contributed by atoms with Crippen molar-refractivity contribution in [3.05, 3.63) is 89.4 Å². The van der Waals surface area contributed by atoms with Crippen molar-refractivity contribution in [3.63, 3.8) is 0 Å². The number of alkyl halides is 3. The summed E-state index contributed by atoms with van der Waals surface area (Å²) in [5.41, 5.74) is 1.36. The molecular weight excluding hydrogens is 471 g/mol. The summed E-state index contributed by atoms with van der Waals surface area (Å²) in [4.78, 5) is 30.1. The number of hydrogen-bond donors (Lipinski definition) is 1. The second-order valence-electron chi connectivity index (χ2n) is 9.28. The van der Waals surface area contributed by atoms with E-state index in [0.29, 0.717) is 24.3 Å². The van der Waals surface area contributed by atoms with Gasteiger partial charge in [0.1, 0.15) is 0 Å². The Hall–Kier alpha value is -3.75. The molecule has 1 aromatic heterocycles. The van der Waals surface area contributed by atoms with E-state index in [1.165, 1.54) is 12.3 Å². The van der Waals surface area contributed by atoms with Crippen LogP contribution in [0, 0.1) is 5.92 Å². The molecule has 1 N–H and O–H groups in total. The van der Waals surface area contributed by atoms with E-state index in [2.05, 4.69) is 5.32 Å². The van der Waals surface area contributed by atoms with Gasteiger partial charge in [0, 0.05) is 25.3 Å². The molecule has 2 aliphatic rings. The Balaban J connectivity index is 1.45. The molecule has 0 saturated carbocycles. The first-order chi connectivity index (χ1) is 17.2. The molecule has 1 fully saturated rings. The SMILES string of the molecule is C[C@@H](NC(=O)[C@H]1Cc2cc(C(F)(F)F)ccc2N2CCN(C(=O)c3ccco3)C[C@H]12)c1ccccc1. The largest absolute Gasteiger partial charge is 0.459 e. The number of nitrogens with zero attached hydrogens (tertiary/aromatic N) is 2. The number of nitrogens with one attached hydrogen (secondary N) is 1. The Kier molecular flexibility index (Phi) is 6.24. The second kappa shape index (κ2) is 9.37. The van der Waals surface area contributed by atoms with Gasteiger partial charge in [-0.2, -0.15) is 13.2 Å². The summed E-state index contributed by atoms with van der Waals surface area (Å²) >= 11 is 0. The number of carbonyl (C=O) groups is 2. The van der Waals surface area contributed by atoms with Crippen LogP contribution in [-0.4, -0.2) is 42.4 Å². The van der Waals surface area contributed by atoms with Gasteiger partial charge in [-0.1, -0.05) is 30.3 Å². The minimum absolute atomic E-state index is 0.149. The van der Waals surface area contributed by atoms with Crippen LogP contribution in [0.15, 0.2) is 71.3 Å². The van der Waals surface area contributed by atoms with Gasteiger partial charge in [-0.25, -0.2) is 0 Å². The van der Waals surface area contributed by atoms with E-state index < -0.39 is 17.7 Å². The van der Waals surface area contributed by atoms with Crippen LogP contribution in [0.1, 0.15) is 40.2 Å². The van der Waals surface area contributed by atoms with Crippen LogP contribution in [0.25, 0.3) is 0 Å². The summed E-state index contributed by atoms with van der Waals surface area (Å²) in [7, 11) is 0. The molecule has 0 bridgehead atoms. The number of anilines is 1. The van der Waals surface area contributed by atoms with Crippen LogP contribution in [0.2, 0.25) is 0 Å². The van der Waals surface area contributed by atoms with Gasteiger partial charge in [-0.15, -0.1) is 0 Å². The predicted octanol–water partition coefficient (Wildman–Crippen LogP) is 4.68. The number of furan rings is 1. The summed E-state index contributed by atoms with van der Waals surface area (Å²) in [6, 6.07) is 15.7. The minimum Gasteiger partial charge on any atom is -0.459 e. The Labute approximate surface area is 206 Å². The van der Waals surface area contributed by atoms with Gasteiger partial charge in [0.05, 0.1) is 29.8 Å². The zero-order chi connectivity index (χ0) is 25.4. The molecule has 6 nitrogen and oxygen atoms in total. The summed E-state index contributed by atoms with van der Waals surface area (Å²) < 4.78 is 45.6. The van der Waals surface area contributed by atoms with Crippen LogP contribution in [0.4, 0.5) is 18.9 Å². The van der Waals surface area contributed by atoms with Gasteiger partial charge in [-0.3, -0.25) is 9.59 Å². The number of rotatable bonds is 4. The van der Waals surface area contributed by atoms with E-state index in [4.69, 9.17) is 4.42 Å². The monoisotopic (exact) mass is 497 g/mol. The highest BCUT2D eigenvalue weighted by Gasteiger charge is 2.44. The molecule has 0 unspecified atom stereocenters. The van der Waals surface area contributed by atoms with E-state index in [1.54, 1.807) is 17.0 Å². The van der Waals surface area contributed by atoms with Crippen molar-refractivity contribution in [3.8, 4) is 0 Å². The molecule has 2 aromatic carbocycles. The first kappa shape index (κ1) is 24.0. The summed E-state index contributed by atoms with van der Waals surface area (Å²) in [6.07, 6.45) is -2.89. The molecule has 2 aliphatic heterocycles. The van der Waals surface area contributed by atoms with Crippen molar-refractivity contribution in [2.24, 2.45) is 5.92 Å². The number of halogens is 3. The summed E-state index contributed by atoms with van der Waals surface area (Å²) in [5, 5.41) is 3.04. The zero-order valence-electron chi connectivity index (χ0n) is 19.7. The fourth-order valence-electron chi connectivity index (χ4n) is 5.19. The molecule has 36 heavy (non-hydrogen) atoms. The lowest BCUT2D eigenvalue weighted by atomic mass is 9.82. The van der Waals surface area contributed by atoms with Crippen molar-refractivity contribution >= 4 is 17.5 Å². The van der Waals surface area contributed by atoms with Crippen LogP contribution >= 0.6 is 0 Å². The fourth-order valence-corrected chi connectivity index (χ4v) is 5.19. The molecule has 3 aromatic rings. The number of benzene rings is 2. The fraction of sp³-hybridized carbons (Fsp3) is 0.333. The van der Waals surface area contributed by atoms with Crippen molar-refractivity contribution in [1.29, 1.82) is 0 Å². The maximum absolute atomic E-state index is 13.6. The van der Waals surface area contributed by atoms with Gasteiger partial charge in [0.25, 0.3) is 5.91 Å². The third-order valence-corrected chi connectivity index (χ3v) is 7.05. The summed E-state index contributed by atoms with van der Waals surface area (Å²) in [6.45, 7) is 2.90. The van der Waals surface area contributed by atoms with Gasteiger partial charge in [-0.05, 0) is 54.8 Å². The van der Waals surface area contributed by atoms with Crippen molar-refractivity contribution < 1.29 is 27.2 Å². The highest BCUT2D eigenvalue weighted by Crippen LogP contribution is 2.40. The van der Waals surface area contributed by atoms with Gasteiger partial charge < -0.3 is 19.5 Å². The maximum atomic E-state index is 13.6. The third kappa shape index (κ3) is 4.57. The zero-order valence-corrected chi connectivity index (χ0v) is 19.7. The van der Waals surface area contributed by atoms with Crippen LogP contribution in [0.5, 0.6) is 0 Å². The molecule has 188 valence electrons. The molecule has 3 heterocycles. The van der Waals surface area contributed by atoms with Gasteiger partial charge in [0.2, 0.25) is 5.91 Å². The first-order valence-electron chi connectivity index (χ1n) is 11.9. The van der Waals surface area contributed by atoms with E-state index in [9.17, 15) is 22.8 Å². The summed E-state index contributed by atoms with van der Waals surface area (Å²) in [5.74, 6) is -0.945. The number of piperazine rings is 1. The second-order valence-corrected chi connectivity index (χ2v) is 9.28. The lowest BCUT2D eigenvalue weighted by Crippen LogP contribution is -2.62. The minimum atomic E-state index is -4.47. The highest BCUT2D eigenvalue weighted by atomic mass is 19.4. The molecule has 5 rings (SSSR count). The van der Waals surface area contributed by atoms with Crippen LogP contribution < -0.4 is 10.2 Å². The molecule has 0 radical (unpaired) electrons. The van der Waals surface area contributed by atoms with Gasteiger partial charge >= 0.3 is 6.18 Å². The number of fused-ring (bicyclic) bond motifs is 3. The standard InChI is InChI=1S/C27H26F3N3O3/c1-17(18-6-3-2-4-7-18)31-25(34)21-15-19-14-20(27(28,29)30)9-10-22(19)33-12-11-32(16-23(21)33)26(35)24-8-5-13-36-24/h2-10,13-14,17,21,23H,11-12,15-16H2,1H3,(H,31,34)/t17-,21+,23-/m1/s1. The lowest BCUT2D eigenvalue weighted by molar-refractivity contribution is -0.137. The maximum Gasteiger partial charge on any atom is 0.416 e. The molecule has 1 saturated heterocycles. The number of hydrogen-bond acceptors (Lipinski definition) is 4. The molecular formula is C27H26F3N3O3. The van der Waals surface area contributed by atoms with Crippen molar-refractivity contribution in [2.45, 2.75) is 31.6 Å². The third-order valence-electron chi connectivity index (χ3n) is 7.05. The first-order valence-corrected chi connectivity index (χ1v) is 11.9. The number of amides is 2. The smallest absolute Gasteiger partial charge is 0.416 e. The predicted molar refractivity (Wildman–Crippen MR) is 127 cm³/mol. The van der Waals surface area contributed by atoms with Crippen LogP contribution in [-0.2, 0) is 17.4 Å². The highest BCUT2D eigenvalue weighted by molar-refractivity contribution is 5.92. The molecule has 3 atom stereocenters. The van der Waals surface area contributed by atoms with E-state index in [0.717, 1.165) is 17.7 Å². The van der Waals surface area contributed by atoms with Crippen LogP contribution in [0.3, 0.4) is 0 Å². The molecule has 2 amide bonds. The molecule has 0 spiro atoms. The quantitative estimate of drug-likeness (QED) is 0.569. The van der Waals surface area contributed by atoms with Crippen molar-refractivity contribution in [1.82, 2.24) is 10.2 Å². The molecule has 9 heteroatoms. The molecule has 0 aliphatic carbocycles. The number of carbonyl (C=O) groups excluding carboxylic acids is 2. The Morgan fingerprint density at radius 1 is 1.06 bits per heavy atom. The Bertz CT molecular complexity index is 1240. The average Bonchev–Trinajstić information content (AvgIpc) is 3.42. The normalized spacial score (nSPS) is 20.3. The van der Waals surface area contributed by atoms with E-state index >= 15 is 0 Å². The Morgan fingerprint density at radius 2 is 1.83 bits per heavy atom.